The summed E-state index contributed by atoms with van der Waals surface area (Å²) in [6, 6.07) is 21.7. The molecule has 0 bridgehead atoms. The lowest BCUT2D eigenvalue weighted by Gasteiger charge is -2.24. The maximum atomic E-state index is 13.3. The van der Waals surface area contributed by atoms with E-state index in [0.29, 0.717) is 16.9 Å². The number of aromatic nitrogens is 1. The number of aliphatic hydroxyl groups is 1. The highest BCUT2D eigenvalue weighted by atomic mass is 16.5. The van der Waals surface area contributed by atoms with Crippen LogP contribution >= 0.6 is 0 Å². The van der Waals surface area contributed by atoms with Crippen LogP contribution in [0.25, 0.3) is 16.5 Å². The number of amides is 1. The molecule has 2 heterocycles. The Hall–Kier alpha value is -4.19. The first-order valence-electron chi connectivity index (χ1n) is 11.5. The highest BCUT2D eigenvalue weighted by molar-refractivity contribution is 6.51. The van der Waals surface area contributed by atoms with E-state index in [9.17, 15) is 14.7 Å². The minimum absolute atomic E-state index is 0.0226. The topological polar surface area (TPSA) is 83.6 Å². The summed E-state index contributed by atoms with van der Waals surface area (Å²) in [5.74, 6) is -1.00. The number of nitrogens with zero attached hydrogens (tertiary/aromatic N) is 2. The van der Waals surface area contributed by atoms with E-state index in [0.717, 1.165) is 16.3 Å². The van der Waals surface area contributed by atoms with Crippen molar-refractivity contribution in [2.45, 2.75) is 39.2 Å². The molecule has 1 saturated heterocycles. The molecule has 1 fully saturated rings. The zero-order valence-corrected chi connectivity index (χ0v) is 20.1. The number of ketones is 1. The van der Waals surface area contributed by atoms with E-state index in [1.807, 2.05) is 60.7 Å². The lowest BCUT2D eigenvalue weighted by Crippen LogP contribution is -2.29. The van der Waals surface area contributed by atoms with Crippen LogP contribution in [0.2, 0.25) is 0 Å². The highest BCUT2D eigenvalue weighted by Crippen LogP contribution is 2.42. The number of hydrogen-bond acceptors (Lipinski definition) is 5. The molecular formula is C29H26N2O4. The fourth-order valence-electron chi connectivity index (χ4n) is 4.51. The Morgan fingerprint density at radius 2 is 1.63 bits per heavy atom. The molecule has 3 aromatic carbocycles. The molecule has 1 aliphatic heterocycles. The first-order valence-corrected chi connectivity index (χ1v) is 11.5. The van der Waals surface area contributed by atoms with Gasteiger partial charge < -0.3 is 9.63 Å². The first-order chi connectivity index (χ1) is 16.6. The van der Waals surface area contributed by atoms with E-state index in [-0.39, 0.29) is 22.6 Å². The summed E-state index contributed by atoms with van der Waals surface area (Å²) in [7, 11) is 0. The number of aliphatic hydroxyl groups excluding tert-OH is 1. The fraction of sp³-hybridized carbons (Fsp3) is 0.207. The summed E-state index contributed by atoms with van der Waals surface area (Å²) in [6.45, 7) is 8.07. The minimum atomic E-state index is -0.847. The van der Waals surface area contributed by atoms with Gasteiger partial charge in [-0.1, -0.05) is 86.6 Å². The van der Waals surface area contributed by atoms with Crippen molar-refractivity contribution in [1.29, 1.82) is 0 Å². The molecule has 176 valence electrons. The van der Waals surface area contributed by atoms with Crippen LogP contribution in [-0.2, 0) is 15.0 Å². The maximum absolute atomic E-state index is 13.3. The number of Topliss-reactive ketones (excluding diaryl/α,β-unsaturated/α-hetero) is 1. The van der Waals surface area contributed by atoms with Gasteiger partial charge in [-0.3, -0.25) is 14.5 Å². The second-order valence-corrected chi connectivity index (χ2v) is 9.90. The standard InChI is InChI=1S/C29H26N2O4/c1-17-15-23(30-35-17)31-25(19-11-13-22(14-12-19)29(2,3)4)24(27(33)28(31)34)26(32)21-10-9-18-7-5-6-8-20(18)16-21/h5-16,25,32H,1-4H3/t25-/m1/s1. The van der Waals surface area contributed by atoms with Gasteiger partial charge >= 0.3 is 5.91 Å². The van der Waals surface area contributed by atoms with Crippen molar-refractivity contribution in [2.75, 3.05) is 4.90 Å². The van der Waals surface area contributed by atoms with Crippen LogP contribution in [0.5, 0.6) is 0 Å². The van der Waals surface area contributed by atoms with E-state index in [1.165, 1.54) is 4.90 Å². The molecule has 1 amide bonds. The van der Waals surface area contributed by atoms with Crippen molar-refractivity contribution in [3.8, 4) is 0 Å². The van der Waals surface area contributed by atoms with Crippen molar-refractivity contribution >= 4 is 34.0 Å². The summed E-state index contributed by atoms with van der Waals surface area (Å²) in [4.78, 5) is 27.9. The monoisotopic (exact) mass is 466 g/mol. The Kier molecular flexibility index (Phi) is 5.32. The number of anilines is 1. The smallest absolute Gasteiger partial charge is 0.301 e. The van der Waals surface area contributed by atoms with Crippen molar-refractivity contribution in [3.63, 3.8) is 0 Å². The van der Waals surface area contributed by atoms with Gasteiger partial charge in [0.1, 0.15) is 11.5 Å². The lowest BCUT2D eigenvalue weighted by atomic mass is 9.85. The number of hydrogen-bond donors (Lipinski definition) is 1. The molecule has 1 aliphatic rings. The largest absolute Gasteiger partial charge is 0.507 e. The summed E-state index contributed by atoms with van der Waals surface area (Å²) in [5.41, 5.74) is 2.24. The molecule has 6 heteroatoms. The van der Waals surface area contributed by atoms with Crippen LogP contribution < -0.4 is 4.90 Å². The summed E-state index contributed by atoms with van der Waals surface area (Å²) >= 11 is 0. The zero-order chi connectivity index (χ0) is 24.9. The molecule has 0 unspecified atom stereocenters. The van der Waals surface area contributed by atoms with Crippen molar-refractivity contribution in [3.05, 3.63) is 101 Å². The lowest BCUT2D eigenvalue weighted by molar-refractivity contribution is -0.132. The van der Waals surface area contributed by atoms with Crippen LogP contribution in [0.3, 0.4) is 0 Å². The Labute approximate surface area is 203 Å². The van der Waals surface area contributed by atoms with E-state index in [2.05, 4.69) is 25.9 Å². The highest BCUT2D eigenvalue weighted by Gasteiger charge is 2.48. The van der Waals surface area contributed by atoms with Crippen molar-refractivity contribution in [1.82, 2.24) is 5.16 Å². The van der Waals surface area contributed by atoms with Gasteiger partial charge in [-0.15, -0.1) is 0 Å². The molecule has 5 rings (SSSR count). The number of benzene rings is 3. The predicted molar refractivity (Wildman–Crippen MR) is 135 cm³/mol. The maximum Gasteiger partial charge on any atom is 0.301 e. The van der Waals surface area contributed by atoms with Crippen molar-refractivity contribution < 1.29 is 19.2 Å². The molecule has 1 N–H and O–H groups in total. The minimum Gasteiger partial charge on any atom is -0.507 e. The van der Waals surface area contributed by atoms with Gasteiger partial charge in [-0.2, -0.15) is 0 Å². The molecule has 35 heavy (non-hydrogen) atoms. The van der Waals surface area contributed by atoms with Crippen LogP contribution in [0.1, 0.15) is 49.3 Å². The van der Waals surface area contributed by atoms with Gasteiger partial charge in [-0.25, -0.2) is 0 Å². The molecule has 1 aromatic heterocycles. The van der Waals surface area contributed by atoms with Gasteiger partial charge in [-0.05, 0) is 40.3 Å². The Morgan fingerprint density at radius 3 is 2.26 bits per heavy atom. The third-order valence-corrected chi connectivity index (χ3v) is 6.42. The van der Waals surface area contributed by atoms with Crippen molar-refractivity contribution in [2.24, 2.45) is 0 Å². The van der Waals surface area contributed by atoms with E-state index in [1.54, 1.807) is 19.1 Å². The first kappa shape index (κ1) is 22.6. The Balaban J connectivity index is 1.70. The van der Waals surface area contributed by atoms with Gasteiger partial charge in [0.15, 0.2) is 5.82 Å². The third kappa shape index (κ3) is 3.91. The fourth-order valence-corrected chi connectivity index (χ4v) is 4.51. The molecule has 1 atom stereocenters. The predicted octanol–water partition coefficient (Wildman–Crippen LogP) is 6.06. The zero-order valence-electron chi connectivity index (χ0n) is 20.1. The summed E-state index contributed by atoms with van der Waals surface area (Å²) < 4.78 is 5.20. The Morgan fingerprint density at radius 1 is 0.943 bits per heavy atom. The van der Waals surface area contributed by atoms with Gasteiger partial charge in [0.2, 0.25) is 0 Å². The van der Waals surface area contributed by atoms with Crippen LogP contribution in [0.4, 0.5) is 5.82 Å². The van der Waals surface area contributed by atoms with Gasteiger partial charge in [0, 0.05) is 11.6 Å². The molecular weight excluding hydrogens is 440 g/mol. The number of carbonyl (C=O) groups is 2. The normalized spacial score (nSPS) is 17.9. The SMILES string of the molecule is Cc1cc(N2C(=O)C(=O)C(=C(O)c3ccc4ccccc4c3)[C@H]2c2ccc(C(C)(C)C)cc2)no1. The molecule has 0 aliphatic carbocycles. The summed E-state index contributed by atoms with van der Waals surface area (Å²) in [5, 5.41) is 17.3. The Bertz CT molecular complexity index is 1490. The summed E-state index contributed by atoms with van der Waals surface area (Å²) in [6.07, 6.45) is 0. The van der Waals surface area contributed by atoms with Gasteiger partial charge in [0.25, 0.3) is 5.78 Å². The molecule has 0 radical (unpaired) electrons. The quantitative estimate of drug-likeness (QED) is 0.225. The number of fused-ring (bicyclic) bond motifs is 1. The molecule has 0 spiro atoms. The van der Waals surface area contributed by atoms with Crippen LogP contribution in [-0.4, -0.2) is 22.0 Å². The van der Waals surface area contributed by atoms with Crippen LogP contribution in [0.15, 0.2) is 82.9 Å². The van der Waals surface area contributed by atoms with E-state index >= 15 is 0 Å². The number of rotatable bonds is 3. The van der Waals surface area contributed by atoms with E-state index < -0.39 is 17.7 Å². The second kappa shape index (κ2) is 8.24. The second-order valence-electron chi connectivity index (χ2n) is 9.90. The third-order valence-electron chi connectivity index (χ3n) is 6.42. The molecule has 6 nitrogen and oxygen atoms in total. The van der Waals surface area contributed by atoms with Gasteiger partial charge in [0.05, 0.1) is 11.6 Å². The average Bonchev–Trinajstić information content (AvgIpc) is 3.38. The van der Waals surface area contributed by atoms with Crippen LogP contribution in [0, 0.1) is 6.92 Å². The molecule has 0 saturated carbocycles. The average molecular weight is 467 g/mol. The molecule has 4 aromatic rings. The van der Waals surface area contributed by atoms with E-state index in [4.69, 9.17) is 4.52 Å². The number of carbonyl (C=O) groups excluding carboxylic acids is 2. The number of aryl methyl sites for hydroxylation is 1.